The summed E-state index contributed by atoms with van der Waals surface area (Å²) in [5, 5.41) is 27.9. The summed E-state index contributed by atoms with van der Waals surface area (Å²) in [6, 6.07) is 3.32. The van der Waals surface area contributed by atoms with Crippen molar-refractivity contribution in [3.05, 3.63) is 95.1 Å². The fraction of sp³-hybridized carbons (Fsp3) is 0.345. The molecule has 2 aliphatic rings. The van der Waals surface area contributed by atoms with E-state index in [1.54, 1.807) is 0 Å². The molecule has 1 atom stereocenters. The topological polar surface area (TPSA) is 192 Å². The number of carbonyl (C=O) groups is 1. The number of benzene rings is 1. The highest BCUT2D eigenvalue weighted by Crippen LogP contribution is 2.29. The Morgan fingerprint density at radius 1 is 0.792 bits per heavy atom. The van der Waals surface area contributed by atoms with Crippen molar-refractivity contribution in [2.45, 2.75) is 67.8 Å². The number of rotatable bonds is 11. The third-order valence-corrected chi connectivity index (χ3v) is 11.1. The van der Waals surface area contributed by atoms with Gasteiger partial charge in [0.05, 0.1) is 42.9 Å². The van der Waals surface area contributed by atoms with Crippen molar-refractivity contribution < 1.29 is 53.1 Å². The Hall–Kier alpha value is -5.07. The van der Waals surface area contributed by atoms with Gasteiger partial charge in [-0.3, -0.25) is 14.2 Å². The van der Waals surface area contributed by atoms with Crippen LogP contribution < -0.4 is 5.32 Å². The fourth-order valence-corrected chi connectivity index (χ4v) is 7.78. The third-order valence-electron chi connectivity index (χ3n) is 8.13. The number of hydrogen-bond acceptors (Lipinski definition) is 11. The summed E-state index contributed by atoms with van der Waals surface area (Å²) in [5.74, 6) is -4.41. The van der Waals surface area contributed by atoms with Crippen LogP contribution in [-0.2, 0) is 64.1 Å². The fourth-order valence-electron chi connectivity index (χ4n) is 5.54. The molecule has 0 aliphatic carbocycles. The average molecular weight is 791 g/mol. The number of aliphatic hydroxyl groups is 1. The summed E-state index contributed by atoms with van der Waals surface area (Å²) in [6.45, 7) is -1.27. The first-order chi connectivity index (χ1) is 25.1. The van der Waals surface area contributed by atoms with E-state index in [2.05, 4.69) is 25.7 Å². The number of hydrogen-bond donors (Lipinski definition) is 2. The summed E-state index contributed by atoms with van der Waals surface area (Å²) >= 11 is 0. The molecule has 5 aromatic rings. The number of aromatic nitrogens is 8. The van der Waals surface area contributed by atoms with Crippen molar-refractivity contribution in [3.8, 4) is 0 Å². The number of carbonyl (C=O) groups excluding carboxylic acids is 1. The van der Waals surface area contributed by atoms with Crippen LogP contribution in [0.4, 0.5) is 26.3 Å². The van der Waals surface area contributed by atoms with Gasteiger partial charge in [0.15, 0.2) is 11.6 Å². The Morgan fingerprint density at radius 3 is 1.89 bits per heavy atom. The second-order valence-corrected chi connectivity index (χ2v) is 15.3. The van der Waals surface area contributed by atoms with Crippen LogP contribution >= 0.6 is 0 Å². The minimum atomic E-state index is -4.20. The molecule has 0 unspecified atom stereocenters. The molecule has 24 heteroatoms. The zero-order chi connectivity index (χ0) is 38.2. The minimum absolute atomic E-state index is 0.0677. The molecule has 4 aromatic heterocycles. The quantitative estimate of drug-likeness (QED) is 0.185. The van der Waals surface area contributed by atoms with Crippen molar-refractivity contribution in [1.29, 1.82) is 0 Å². The van der Waals surface area contributed by atoms with Gasteiger partial charge in [0.1, 0.15) is 22.9 Å². The first-order valence-corrected chi connectivity index (χ1v) is 18.3. The van der Waals surface area contributed by atoms with E-state index >= 15 is 0 Å². The largest absolute Gasteiger partial charge is 0.395 e. The standard InChI is InChI=1S/C19H17F4N5O4S.C10H11F2N5O2S/c20-15-3-1-2-13(18(15)23)14(10-29)19(30)26-5-11-6-28(25-16(11)8-26)33(31,32)12-4-24-27(7-12)9-17(21)22;11-10(12)6-16-5-8(2-14-16)20(18,19)17-4-7-1-13-3-9(7)15-17/h1-4,6-7,14,17,29H,5,8-10H2;2,4-5,10,13H,1,3,6H2/t14-;/m1./s1. The normalized spacial score (nSPS) is 14.8. The van der Waals surface area contributed by atoms with Crippen molar-refractivity contribution in [2.75, 3.05) is 6.61 Å². The lowest BCUT2D eigenvalue weighted by Crippen LogP contribution is -2.33. The van der Waals surface area contributed by atoms with Crippen LogP contribution in [-0.4, -0.2) is 90.1 Å². The number of aliphatic hydroxyl groups excluding tert-OH is 1. The monoisotopic (exact) mass is 790 g/mol. The average Bonchev–Trinajstić information content (AvgIpc) is 3.92. The van der Waals surface area contributed by atoms with Crippen molar-refractivity contribution >= 4 is 26.0 Å². The Morgan fingerprint density at radius 2 is 1.36 bits per heavy atom. The van der Waals surface area contributed by atoms with Crippen molar-refractivity contribution in [3.63, 3.8) is 0 Å². The van der Waals surface area contributed by atoms with Crippen LogP contribution in [0, 0.1) is 11.6 Å². The van der Waals surface area contributed by atoms with Crippen LogP contribution in [0.5, 0.6) is 0 Å². The van der Waals surface area contributed by atoms with Gasteiger partial charge in [-0.25, -0.2) is 26.3 Å². The van der Waals surface area contributed by atoms with Crippen molar-refractivity contribution in [2.24, 2.45) is 0 Å². The first kappa shape index (κ1) is 37.7. The van der Waals surface area contributed by atoms with E-state index in [1.807, 2.05) is 0 Å². The predicted octanol–water partition coefficient (Wildman–Crippen LogP) is 1.66. The van der Waals surface area contributed by atoms with E-state index in [0.717, 1.165) is 49.9 Å². The van der Waals surface area contributed by atoms with E-state index in [4.69, 9.17) is 0 Å². The second-order valence-electron chi connectivity index (χ2n) is 11.7. The molecule has 1 aromatic carbocycles. The second kappa shape index (κ2) is 14.7. The van der Waals surface area contributed by atoms with Gasteiger partial charge in [-0.2, -0.15) is 45.4 Å². The Kier molecular flexibility index (Phi) is 10.5. The highest BCUT2D eigenvalue weighted by atomic mass is 32.2. The molecule has 0 saturated heterocycles. The zero-order valence-electron chi connectivity index (χ0n) is 27.0. The highest BCUT2D eigenvalue weighted by molar-refractivity contribution is 7.90. The molecule has 53 heavy (non-hydrogen) atoms. The van der Waals surface area contributed by atoms with Crippen molar-refractivity contribution in [1.82, 2.24) is 48.1 Å². The summed E-state index contributed by atoms with van der Waals surface area (Å²) in [7, 11) is -8.08. The number of nitrogens with one attached hydrogen (secondary N) is 1. The molecule has 2 aliphatic heterocycles. The maximum absolute atomic E-state index is 14.1. The number of alkyl halides is 4. The molecule has 6 heterocycles. The smallest absolute Gasteiger partial charge is 0.286 e. The molecule has 7 rings (SSSR count). The molecular formula is C29H28F6N10O6S2. The predicted molar refractivity (Wildman–Crippen MR) is 167 cm³/mol. The van der Waals surface area contributed by atoms with Crippen LogP contribution in [0.2, 0.25) is 0 Å². The van der Waals surface area contributed by atoms with Crippen LogP contribution in [0.15, 0.2) is 65.2 Å². The van der Waals surface area contributed by atoms with Gasteiger partial charge in [-0.15, -0.1) is 0 Å². The lowest BCUT2D eigenvalue weighted by atomic mass is 9.97. The van der Waals surface area contributed by atoms with E-state index < -0.39 is 76.1 Å². The number of fused-ring (bicyclic) bond motifs is 2. The van der Waals surface area contributed by atoms with Crippen LogP contribution in [0.3, 0.4) is 0 Å². The molecule has 1 amide bonds. The molecule has 16 nitrogen and oxygen atoms in total. The van der Waals surface area contributed by atoms with Gasteiger partial charge < -0.3 is 15.3 Å². The summed E-state index contributed by atoms with van der Waals surface area (Å²) < 4.78 is 130. The summed E-state index contributed by atoms with van der Waals surface area (Å²) in [5.41, 5.74) is 1.84. The molecule has 0 radical (unpaired) electrons. The van der Waals surface area contributed by atoms with Gasteiger partial charge in [-0.1, -0.05) is 12.1 Å². The number of amides is 1. The van der Waals surface area contributed by atoms with Gasteiger partial charge >= 0.3 is 0 Å². The SMILES string of the molecule is O=C([C@H](CO)c1cccc(F)c1F)N1Cc2cn(S(=O)(=O)c3cnn(CC(F)F)c3)nc2C1.O=S(=O)(c1cnn(CC(F)F)c1)n1cc2c(n1)CNC2. The van der Waals surface area contributed by atoms with Crippen LogP contribution in [0.25, 0.3) is 0 Å². The molecule has 2 N–H and O–H groups in total. The van der Waals surface area contributed by atoms with E-state index in [-0.39, 0.29) is 34.1 Å². The van der Waals surface area contributed by atoms with E-state index in [9.17, 15) is 53.1 Å². The molecular weight excluding hydrogens is 763 g/mol. The summed E-state index contributed by atoms with van der Waals surface area (Å²) in [6.07, 6.45) is 1.32. The molecule has 0 spiro atoms. The van der Waals surface area contributed by atoms with Gasteiger partial charge in [0, 0.05) is 61.1 Å². The zero-order valence-corrected chi connectivity index (χ0v) is 28.6. The van der Waals surface area contributed by atoms with Gasteiger partial charge in [-0.05, 0) is 6.07 Å². The minimum Gasteiger partial charge on any atom is -0.395 e. The number of nitrogens with zero attached hydrogens (tertiary/aromatic N) is 9. The van der Waals surface area contributed by atoms with E-state index in [1.165, 1.54) is 29.4 Å². The Bertz CT molecular complexity index is 2310. The lowest BCUT2D eigenvalue weighted by Gasteiger charge is -2.22. The van der Waals surface area contributed by atoms with Gasteiger partial charge in [0.2, 0.25) is 5.91 Å². The van der Waals surface area contributed by atoms with E-state index in [0.29, 0.717) is 28.4 Å². The van der Waals surface area contributed by atoms with Gasteiger partial charge in [0.25, 0.3) is 32.9 Å². The Labute approximate surface area is 296 Å². The molecule has 0 fully saturated rings. The number of halogens is 6. The first-order valence-electron chi connectivity index (χ1n) is 15.4. The summed E-state index contributed by atoms with van der Waals surface area (Å²) in [4.78, 5) is 13.6. The highest BCUT2D eigenvalue weighted by Gasteiger charge is 2.35. The molecule has 284 valence electrons. The Balaban J connectivity index is 0.000000204. The molecule has 0 bridgehead atoms. The molecule has 0 saturated carbocycles. The maximum atomic E-state index is 14.1. The third kappa shape index (κ3) is 7.70. The van der Waals surface area contributed by atoms with Crippen LogP contribution in [0.1, 0.15) is 34.0 Å². The lowest BCUT2D eigenvalue weighted by molar-refractivity contribution is -0.134. The maximum Gasteiger partial charge on any atom is 0.286 e.